The number of hydrogen-bond donors (Lipinski definition) is 1. The molecule has 0 spiro atoms. The van der Waals surface area contributed by atoms with E-state index in [9.17, 15) is 0 Å². The van der Waals surface area contributed by atoms with E-state index in [1.165, 1.54) is 38.8 Å². The van der Waals surface area contributed by atoms with Crippen molar-refractivity contribution in [1.82, 2.24) is 14.9 Å². The lowest BCUT2D eigenvalue weighted by atomic mass is 9.97. The zero-order valence-electron chi connectivity index (χ0n) is 12.4. The van der Waals surface area contributed by atoms with Crippen LogP contribution in [0.5, 0.6) is 0 Å². The van der Waals surface area contributed by atoms with Crippen molar-refractivity contribution in [2.24, 2.45) is 0 Å². The first-order valence-corrected chi connectivity index (χ1v) is 7.58. The molecule has 2 saturated heterocycles. The maximum atomic E-state index is 5.13. The molecule has 3 heterocycles. The monoisotopic (exact) mass is 276 g/mol. The molecule has 2 aliphatic heterocycles. The van der Waals surface area contributed by atoms with Crippen LogP contribution in [0.2, 0.25) is 0 Å². The van der Waals surface area contributed by atoms with Crippen LogP contribution in [0.25, 0.3) is 0 Å². The number of piperidine rings is 1. The van der Waals surface area contributed by atoms with E-state index in [2.05, 4.69) is 20.2 Å². The van der Waals surface area contributed by atoms with Crippen LogP contribution in [0.3, 0.4) is 0 Å². The summed E-state index contributed by atoms with van der Waals surface area (Å²) in [6.07, 6.45) is 5.17. The lowest BCUT2D eigenvalue weighted by molar-refractivity contribution is 0.177. The van der Waals surface area contributed by atoms with Crippen molar-refractivity contribution in [2.75, 3.05) is 25.5 Å². The Morgan fingerprint density at radius 3 is 3.10 bits per heavy atom. The molecule has 0 radical (unpaired) electrons. The summed E-state index contributed by atoms with van der Waals surface area (Å²) in [6.45, 7) is 4.99. The molecule has 0 bridgehead atoms. The molecular weight excluding hydrogens is 252 g/mol. The Morgan fingerprint density at radius 1 is 1.35 bits per heavy atom. The van der Waals surface area contributed by atoms with Crippen LogP contribution >= 0.6 is 0 Å². The molecule has 2 aliphatic rings. The Hall–Kier alpha value is -1.20. The fourth-order valence-corrected chi connectivity index (χ4v) is 3.46. The van der Waals surface area contributed by atoms with Crippen molar-refractivity contribution < 1.29 is 4.74 Å². The van der Waals surface area contributed by atoms with E-state index >= 15 is 0 Å². The van der Waals surface area contributed by atoms with Gasteiger partial charge in [-0.15, -0.1) is 0 Å². The summed E-state index contributed by atoms with van der Waals surface area (Å²) in [5, 5.41) is 3.60. The summed E-state index contributed by atoms with van der Waals surface area (Å²) in [5.74, 6) is 1.70. The summed E-state index contributed by atoms with van der Waals surface area (Å²) in [7, 11) is 1.68. The molecule has 0 aromatic carbocycles. The van der Waals surface area contributed by atoms with E-state index in [0.717, 1.165) is 23.4 Å². The largest absolute Gasteiger partial charge is 0.377 e. The third-order valence-corrected chi connectivity index (χ3v) is 4.35. The van der Waals surface area contributed by atoms with E-state index in [1.54, 1.807) is 7.11 Å². The molecule has 2 unspecified atom stereocenters. The maximum absolute atomic E-state index is 5.13. The average molecular weight is 276 g/mol. The second kappa shape index (κ2) is 6.06. The van der Waals surface area contributed by atoms with Crippen molar-refractivity contribution in [1.29, 1.82) is 0 Å². The molecule has 2 fully saturated rings. The van der Waals surface area contributed by atoms with Gasteiger partial charge in [0.25, 0.3) is 0 Å². The number of nitrogens with zero attached hydrogens (tertiary/aromatic N) is 3. The van der Waals surface area contributed by atoms with E-state index in [0.29, 0.717) is 12.6 Å². The highest BCUT2D eigenvalue weighted by molar-refractivity contribution is 5.37. The van der Waals surface area contributed by atoms with E-state index < -0.39 is 0 Å². The van der Waals surface area contributed by atoms with Crippen molar-refractivity contribution in [3.8, 4) is 0 Å². The second-order valence-corrected chi connectivity index (χ2v) is 5.94. The van der Waals surface area contributed by atoms with Crippen LogP contribution in [0.1, 0.15) is 37.2 Å². The first-order chi connectivity index (χ1) is 9.74. The summed E-state index contributed by atoms with van der Waals surface area (Å²) < 4.78 is 5.13. The first kappa shape index (κ1) is 13.8. The molecule has 1 aromatic rings. The number of anilines is 1. The number of rotatable bonds is 4. The zero-order valence-corrected chi connectivity index (χ0v) is 12.4. The van der Waals surface area contributed by atoms with Crippen molar-refractivity contribution in [3.05, 3.63) is 17.6 Å². The van der Waals surface area contributed by atoms with Crippen LogP contribution in [0.15, 0.2) is 6.07 Å². The van der Waals surface area contributed by atoms with Crippen LogP contribution in [0.4, 0.5) is 5.82 Å². The maximum Gasteiger partial charge on any atom is 0.156 e. The van der Waals surface area contributed by atoms with Crippen LogP contribution in [-0.2, 0) is 11.3 Å². The van der Waals surface area contributed by atoms with Gasteiger partial charge in [0.1, 0.15) is 12.4 Å². The first-order valence-electron chi connectivity index (χ1n) is 7.58. The summed E-state index contributed by atoms with van der Waals surface area (Å²) in [6, 6.07) is 3.35. The molecule has 110 valence electrons. The molecule has 3 rings (SSSR count). The van der Waals surface area contributed by atoms with E-state index in [4.69, 9.17) is 4.74 Å². The molecule has 0 amide bonds. The van der Waals surface area contributed by atoms with Gasteiger partial charge in [0, 0.05) is 37.5 Å². The van der Waals surface area contributed by atoms with Gasteiger partial charge in [-0.2, -0.15) is 0 Å². The van der Waals surface area contributed by atoms with Gasteiger partial charge in [-0.05, 0) is 39.2 Å². The van der Waals surface area contributed by atoms with Gasteiger partial charge >= 0.3 is 0 Å². The minimum absolute atomic E-state index is 0.470. The molecule has 0 saturated carbocycles. The normalized spacial score (nSPS) is 26.5. The molecule has 1 aromatic heterocycles. The molecular formula is C15H24N4O. The molecule has 2 atom stereocenters. The number of hydrogen-bond acceptors (Lipinski definition) is 5. The Bertz CT molecular complexity index is 465. The number of nitrogens with one attached hydrogen (secondary N) is 1. The van der Waals surface area contributed by atoms with Crippen LogP contribution < -0.4 is 5.32 Å². The molecule has 1 N–H and O–H groups in total. The fraction of sp³-hybridized carbons (Fsp3) is 0.733. The number of ether oxygens (including phenoxy) is 1. The molecule has 20 heavy (non-hydrogen) atoms. The SMILES string of the molecule is COCc1nc(C)cc(NC2CCN3CCCC3C2)n1. The number of aromatic nitrogens is 2. The predicted octanol–water partition coefficient (Wildman–Crippen LogP) is 1.97. The highest BCUT2D eigenvalue weighted by Crippen LogP contribution is 2.28. The summed E-state index contributed by atoms with van der Waals surface area (Å²) >= 11 is 0. The van der Waals surface area contributed by atoms with Gasteiger partial charge in [-0.25, -0.2) is 9.97 Å². The minimum atomic E-state index is 0.470. The van der Waals surface area contributed by atoms with Crippen molar-refractivity contribution in [2.45, 2.75) is 51.3 Å². The lowest BCUT2D eigenvalue weighted by Gasteiger charge is -2.35. The minimum Gasteiger partial charge on any atom is -0.377 e. The topological polar surface area (TPSA) is 50.3 Å². The van der Waals surface area contributed by atoms with Gasteiger partial charge in [0.15, 0.2) is 5.82 Å². The number of fused-ring (bicyclic) bond motifs is 1. The van der Waals surface area contributed by atoms with Crippen molar-refractivity contribution in [3.63, 3.8) is 0 Å². The van der Waals surface area contributed by atoms with Gasteiger partial charge < -0.3 is 15.0 Å². The predicted molar refractivity (Wildman–Crippen MR) is 78.7 cm³/mol. The van der Waals surface area contributed by atoms with E-state index in [-0.39, 0.29) is 0 Å². The van der Waals surface area contributed by atoms with Crippen LogP contribution in [0, 0.1) is 6.92 Å². The molecule has 0 aliphatic carbocycles. The van der Waals surface area contributed by atoms with Crippen molar-refractivity contribution >= 4 is 5.82 Å². The summed E-state index contributed by atoms with van der Waals surface area (Å²) in [4.78, 5) is 11.6. The highest BCUT2D eigenvalue weighted by atomic mass is 16.5. The number of methoxy groups -OCH3 is 1. The van der Waals surface area contributed by atoms with E-state index in [1.807, 2.05) is 13.0 Å². The molecule has 5 heteroatoms. The molecule has 5 nitrogen and oxygen atoms in total. The van der Waals surface area contributed by atoms with Gasteiger partial charge in [-0.3, -0.25) is 0 Å². The third-order valence-electron chi connectivity index (χ3n) is 4.35. The third kappa shape index (κ3) is 3.10. The second-order valence-electron chi connectivity index (χ2n) is 5.94. The smallest absolute Gasteiger partial charge is 0.156 e. The zero-order chi connectivity index (χ0) is 13.9. The Kier molecular flexibility index (Phi) is 4.17. The Balaban J connectivity index is 1.65. The van der Waals surface area contributed by atoms with Crippen LogP contribution in [-0.4, -0.2) is 47.2 Å². The average Bonchev–Trinajstić information content (AvgIpc) is 2.85. The quantitative estimate of drug-likeness (QED) is 0.911. The summed E-state index contributed by atoms with van der Waals surface area (Å²) in [5.41, 5.74) is 0.993. The fourth-order valence-electron chi connectivity index (χ4n) is 3.46. The van der Waals surface area contributed by atoms with Gasteiger partial charge in [0.05, 0.1) is 0 Å². The Labute approximate surface area is 120 Å². The highest BCUT2D eigenvalue weighted by Gasteiger charge is 2.31. The number of aryl methyl sites for hydroxylation is 1. The lowest BCUT2D eigenvalue weighted by Crippen LogP contribution is -2.42. The van der Waals surface area contributed by atoms with Gasteiger partial charge in [0.2, 0.25) is 0 Å². The standard InChI is InChI=1S/C15H24N4O/c1-11-8-14(18-15(16-11)10-20-2)17-12-5-7-19-6-3-4-13(19)9-12/h8,12-13H,3-7,9-10H2,1-2H3,(H,16,17,18). The van der Waals surface area contributed by atoms with Gasteiger partial charge in [-0.1, -0.05) is 0 Å². The Morgan fingerprint density at radius 2 is 2.25 bits per heavy atom.